The van der Waals surface area contributed by atoms with Crippen LogP contribution in [0.3, 0.4) is 0 Å². The van der Waals surface area contributed by atoms with Crippen molar-refractivity contribution in [3.05, 3.63) is 16.7 Å². The van der Waals surface area contributed by atoms with Crippen molar-refractivity contribution in [1.29, 1.82) is 0 Å². The number of aliphatic imine (C=N–C) groups is 1. The van der Waals surface area contributed by atoms with E-state index < -0.39 is 32.9 Å². The van der Waals surface area contributed by atoms with Crippen LogP contribution in [-0.4, -0.2) is 26.7 Å². The fourth-order valence-electron chi connectivity index (χ4n) is 0.828. The summed E-state index contributed by atoms with van der Waals surface area (Å²) in [5, 5.41) is 0. The van der Waals surface area contributed by atoms with Gasteiger partial charge >= 0.3 is 6.18 Å². The molecule has 0 saturated carbocycles. The topological polar surface area (TPSA) is 46.5 Å². The predicted molar refractivity (Wildman–Crippen MR) is 44.5 cm³/mol. The fraction of sp³-hybridized carbons (Fsp3) is 0.429. The molecule has 1 aliphatic heterocycles. The van der Waals surface area contributed by atoms with Crippen molar-refractivity contribution in [1.82, 2.24) is 0 Å². The van der Waals surface area contributed by atoms with Gasteiger partial charge < -0.3 is 0 Å². The molecule has 7 heteroatoms. The van der Waals surface area contributed by atoms with Crippen LogP contribution >= 0.6 is 0 Å². The molecule has 78 valence electrons. The van der Waals surface area contributed by atoms with Crippen LogP contribution in [0.5, 0.6) is 0 Å². The van der Waals surface area contributed by atoms with Crippen LogP contribution in [0.2, 0.25) is 0 Å². The minimum absolute atomic E-state index is 0.438. The van der Waals surface area contributed by atoms with Crippen molar-refractivity contribution in [2.75, 3.05) is 6.26 Å². The Balaban J connectivity index is 3.03. The lowest BCUT2D eigenvalue weighted by molar-refractivity contribution is -0.0932. The van der Waals surface area contributed by atoms with Gasteiger partial charge in [0.25, 0.3) is 0 Å². The second kappa shape index (κ2) is 3.25. The summed E-state index contributed by atoms with van der Waals surface area (Å²) < 4.78 is 58.2. The molecule has 0 amide bonds. The minimum atomic E-state index is -4.54. The Bertz CT molecular complexity index is 438. The maximum atomic E-state index is 12.1. The monoisotopic (exact) mass is 225 g/mol. The zero-order valence-corrected chi connectivity index (χ0v) is 7.91. The Morgan fingerprint density at radius 3 is 2.50 bits per heavy atom. The molecule has 0 unspecified atom stereocenters. The Morgan fingerprint density at radius 1 is 1.50 bits per heavy atom. The molecule has 0 atom stereocenters. The van der Waals surface area contributed by atoms with Crippen molar-refractivity contribution in [3.63, 3.8) is 0 Å². The molecule has 1 rings (SSSR count). The van der Waals surface area contributed by atoms with E-state index in [-0.39, 0.29) is 0 Å². The smallest absolute Gasteiger partial charge is 0.224 e. The van der Waals surface area contributed by atoms with Gasteiger partial charge in [0.05, 0.1) is 5.57 Å². The number of halogens is 3. The molecule has 1 aliphatic rings. The first-order valence-electron chi connectivity index (χ1n) is 3.49. The summed E-state index contributed by atoms with van der Waals surface area (Å²) in [4.78, 5) is 2.69. The number of hydrogen-bond donors (Lipinski definition) is 0. The maximum absolute atomic E-state index is 12.1. The van der Waals surface area contributed by atoms with Gasteiger partial charge in [0.1, 0.15) is 4.91 Å². The molecule has 0 spiro atoms. The Morgan fingerprint density at radius 2 is 2.07 bits per heavy atom. The van der Waals surface area contributed by atoms with Crippen LogP contribution in [-0.2, 0) is 9.84 Å². The van der Waals surface area contributed by atoms with Gasteiger partial charge in [0.15, 0.2) is 9.84 Å². The van der Waals surface area contributed by atoms with E-state index >= 15 is 0 Å². The van der Waals surface area contributed by atoms with Crippen molar-refractivity contribution in [2.24, 2.45) is 4.99 Å². The molecule has 0 radical (unpaired) electrons. The summed E-state index contributed by atoms with van der Waals surface area (Å²) in [6.45, 7) is 0. The van der Waals surface area contributed by atoms with E-state index in [1.54, 1.807) is 0 Å². The highest BCUT2D eigenvalue weighted by atomic mass is 32.2. The second-order valence-electron chi connectivity index (χ2n) is 2.77. The number of sulfone groups is 1. The average Bonchev–Trinajstić information content (AvgIpc) is 2.01. The Hall–Kier alpha value is -1.07. The van der Waals surface area contributed by atoms with Crippen LogP contribution in [0.15, 0.2) is 21.7 Å². The summed E-state index contributed by atoms with van der Waals surface area (Å²) in [6.07, 6.45) is -3.83. The Labute approximate surface area is 78.6 Å². The molecule has 3 nitrogen and oxygen atoms in total. The van der Waals surface area contributed by atoms with E-state index in [2.05, 4.69) is 4.99 Å². The SMILES string of the molecule is CS(=O)(=O)C1=C=NC=C(C(F)(F)F)C1. The third-order valence-electron chi connectivity index (χ3n) is 1.57. The number of rotatable bonds is 1. The number of allylic oxidation sites excluding steroid dienone is 2. The number of hydrogen-bond acceptors (Lipinski definition) is 3. The largest absolute Gasteiger partial charge is 0.414 e. The standard InChI is InChI=1S/C7H6F3NO2S/c1-14(12,13)6-2-5(3-11-4-6)7(8,9)10/h3H,2H2,1H3. The first-order valence-corrected chi connectivity index (χ1v) is 5.38. The molecule has 0 fully saturated rings. The number of nitrogens with zero attached hydrogens (tertiary/aromatic N) is 1. The van der Waals surface area contributed by atoms with Crippen molar-refractivity contribution < 1.29 is 21.6 Å². The fourth-order valence-corrected chi connectivity index (χ4v) is 1.46. The lowest BCUT2D eigenvalue weighted by Gasteiger charge is -2.12. The highest BCUT2D eigenvalue weighted by Crippen LogP contribution is 2.32. The summed E-state index contributed by atoms with van der Waals surface area (Å²) in [7, 11) is -3.65. The van der Waals surface area contributed by atoms with Gasteiger partial charge in [0.2, 0.25) is 0 Å². The molecule has 0 N–H and O–H groups in total. The minimum Gasteiger partial charge on any atom is -0.224 e. The van der Waals surface area contributed by atoms with E-state index in [1.807, 2.05) is 5.87 Å². The van der Waals surface area contributed by atoms with Gasteiger partial charge in [-0.15, -0.1) is 0 Å². The van der Waals surface area contributed by atoms with Crippen molar-refractivity contribution in [2.45, 2.75) is 12.6 Å². The zero-order chi connectivity index (χ0) is 11.0. The van der Waals surface area contributed by atoms with E-state index in [1.165, 1.54) is 0 Å². The molecule has 1 heterocycles. The highest BCUT2D eigenvalue weighted by molar-refractivity contribution is 7.94. The first-order chi connectivity index (χ1) is 6.21. The lowest BCUT2D eigenvalue weighted by Crippen LogP contribution is -2.16. The normalized spacial score (nSPS) is 17.7. The number of alkyl halides is 3. The zero-order valence-electron chi connectivity index (χ0n) is 7.09. The van der Waals surface area contributed by atoms with E-state index in [4.69, 9.17) is 0 Å². The van der Waals surface area contributed by atoms with Crippen LogP contribution in [0.4, 0.5) is 13.2 Å². The molecule has 0 saturated heterocycles. The van der Waals surface area contributed by atoms with E-state index in [0.29, 0.717) is 6.20 Å². The van der Waals surface area contributed by atoms with Gasteiger partial charge in [0, 0.05) is 24.7 Å². The predicted octanol–water partition coefficient (Wildman–Crippen LogP) is 1.43. The molecular weight excluding hydrogens is 219 g/mol. The summed E-state index contributed by atoms with van der Waals surface area (Å²) in [5.41, 5.74) is -0.975. The summed E-state index contributed by atoms with van der Waals surface area (Å²) in [6, 6.07) is 0. The third kappa shape index (κ3) is 2.46. The molecule has 0 aromatic carbocycles. The average molecular weight is 225 g/mol. The van der Waals surface area contributed by atoms with E-state index in [9.17, 15) is 21.6 Å². The van der Waals surface area contributed by atoms with Gasteiger partial charge in [-0.2, -0.15) is 13.2 Å². The van der Waals surface area contributed by atoms with Crippen molar-refractivity contribution >= 4 is 15.7 Å². The molecule has 0 aromatic heterocycles. The summed E-state index contributed by atoms with van der Waals surface area (Å²) >= 11 is 0. The first kappa shape index (κ1) is 11.0. The second-order valence-corrected chi connectivity index (χ2v) is 4.80. The van der Waals surface area contributed by atoms with Gasteiger partial charge in [-0.3, -0.25) is 0 Å². The molecule has 14 heavy (non-hydrogen) atoms. The maximum Gasteiger partial charge on any atom is 0.414 e. The molecule has 0 bridgehead atoms. The summed E-state index contributed by atoms with van der Waals surface area (Å²) in [5.74, 6) is 2.04. The van der Waals surface area contributed by atoms with Gasteiger partial charge in [-0.25, -0.2) is 13.4 Å². The molecule has 0 aromatic rings. The van der Waals surface area contributed by atoms with Crippen molar-refractivity contribution in [3.8, 4) is 0 Å². The molecule has 0 aliphatic carbocycles. The van der Waals surface area contributed by atoms with E-state index in [0.717, 1.165) is 6.26 Å². The van der Waals surface area contributed by atoms with Crippen LogP contribution in [0.25, 0.3) is 0 Å². The highest BCUT2D eigenvalue weighted by Gasteiger charge is 2.36. The Kier molecular flexibility index (Phi) is 2.56. The molecular formula is C7H6F3NO2S. The lowest BCUT2D eigenvalue weighted by atomic mass is 10.2. The van der Waals surface area contributed by atoms with Gasteiger partial charge in [-0.1, -0.05) is 0 Å². The van der Waals surface area contributed by atoms with Gasteiger partial charge in [-0.05, 0) is 0 Å². The van der Waals surface area contributed by atoms with Crippen LogP contribution < -0.4 is 0 Å². The quantitative estimate of drug-likeness (QED) is 0.677. The van der Waals surface area contributed by atoms with Crippen LogP contribution in [0, 0.1) is 0 Å². The third-order valence-corrected chi connectivity index (χ3v) is 2.70. The van der Waals surface area contributed by atoms with Crippen LogP contribution in [0.1, 0.15) is 6.42 Å².